The van der Waals surface area contributed by atoms with Gasteiger partial charge in [-0.1, -0.05) is 32.0 Å². The molecule has 0 aliphatic carbocycles. The molecule has 38 heavy (non-hydrogen) atoms. The first-order valence-corrected chi connectivity index (χ1v) is 13.5. The van der Waals surface area contributed by atoms with Gasteiger partial charge in [0.15, 0.2) is 0 Å². The summed E-state index contributed by atoms with van der Waals surface area (Å²) in [6, 6.07) is 10.1. The van der Waals surface area contributed by atoms with Crippen LogP contribution in [0.5, 0.6) is 0 Å². The number of hydrazine groups is 1. The number of carbonyl (C=O) groups excluding carboxylic acids is 1. The monoisotopic (exact) mass is 514 g/mol. The van der Waals surface area contributed by atoms with E-state index in [4.69, 9.17) is 15.1 Å². The number of rotatable bonds is 7. The Hall–Kier alpha value is -3.91. The molecule has 0 spiro atoms. The number of nitrogens with one attached hydrogen (secondary N) is 3. The summed E-state index contributed by atoms with van der Waals surface area (Å²) in [7, 11) is 0. The average molecular weight is 515 g/mol. The molecule has 0 radical (unpaired) electrons. The maximum absolute atomic E-state index is 12.0. The first-order chi connectivity index (χ1) is 18.5. The molecule has 2 aromatic rings. The molecule has 3 aliphatic heterocycles. The molecule has 1 aromatic heterocycles. The minimum absolute atomic E-state index is 0.0189. The Morgan fingerprint density at radius 3 is 2.71 bits per heavy atom. The van der Waals surface area contributed by atoms with Gasteiger partial charge in [0.25, 0.3) is 0 Å². The quantitative estimate of drug-likeness (QED) is 0.333. The van der Waals surface area contributed by atoms with Crippen molar-refractivity contribution < 1.29 is 9.53 Å². The number of nitrogens with zero attached hydrogens (tertiary/aromatic N) is 3. The number of aromatic nitrogens is 1. The van der Waals surface area contributed by atoms with Crippen LogP contribution in [0.1, 0.15) is 44.7 Å². The Labute approximate surface area is 225 Å². The molecule has 8 nitrogen and oxygen atoms in total. The molecule has 0 bridgehead atoms. The van der Waals surface area contributed by atoms with Crippen molar-refractivity contribution in [2.75, 3.05) is 36.5 Å². The van der Waals surface area contributed by atoms with Gasteiger partial charge in [-0.15, -0.1) is 0 Å². The number of esters is 1. The number of para-hydroxylation sites is 1. The molecule has 1 aromatic carbocycles. The van der Waals surface area contributed by atoms with Gasteiger partial charge in [0.2, 0.25) is 0 Å². The van der Waals surface area contributed by atoms with E-state index in [2.05, 4.69) is 21.7 Å². The van der Waals surface area contributed by atoms with Gasteiger partial charge < -0.3 is 15.0 Å². The SMILES string of the molecule is CC.CCOC(=O)C1CCN(c2ccc(Nc3c(C)cccc3C(=N)C3=CC=CN4NCC=C34)cn2)CC1. The van der Waals surface area contributed by atoms with E-state index in [-0.39, 0.29) is 11.9 Å². The largest absolute Gasteiger partial charge is 0.466 e. The van der Waals surface area contributed by atoms with Crippen molar-refractivity contribution in [3.63, 3.8) is 0 Å². The molecule has 8 heteroatoms. The van der Waals surface area contributed by atoms with E-state index in [9.17, 15) is 4.79 Å². The second-order valence-corrected chi connectivity index (χ2v) is 9.16. The van der Waals surface area contributed by atoms with Gasteiger partial charge in [0.1, 0.15) is 5.82 Å². The highest BCUT2D eigenvalue weighted by Crippen LogP contribution is 2.32. The number of anilines is 3. The fourth-order valence-corrected chi connectivity index (χ4v) is 4.90. The lowest BCUT2D eigenvalue weighted by molar-refractivity contribution is -0.148. The van der Waals surface area contributed by atoms with Crippen molar-refractivity contribution in [3.05, 3.63) is 83.4 Å². The standard InChI is InChI=1S/C28H32N6O2.C2H6/c1-3-36-28(35)20-12-16-33(17-13-20)25-10-9-21(18-30-25)32-27-19(2)6-4-7-23(27)26(29)22-8-5-15-34-24(22)11-14-31-34;1-2/h4-11,15,18,20,29,31-32H,3,12-14,16-17H2,1-2H3;1-2H3. The van der Waals surface area contributed by atoms with E-state index in [0.29, 0.717) is 12.3 Å². The van der Waals surface area contributed by atoms with Crippen molar-refractivity contribution in [1.82, 2.24) is 15.4 Å². The number of piperidine rings is 1. The molecule has 0 saturated carbocycles. The van der Waals surface area contributed by atoms with Crippen molar-refractivity contribution in [2.24, 2.45) is 5.92 Å². The van der Waals surface area contributed by atoms with Crippen LogP contribution in [-0.2, 0) is 9.53 Å². The summed E-state index contributed by atoms with van der Waals surface area (Å²) >= 11 is 0. The Bertz CT molecular complexity index is 1240. The highest BCUT2D eigenvalue weighted by atomic mass is 16.5. The summed E-state index contributed by atoms with van der Waals surface area (Å²) in [6.45, 7) is 10.6. The summed E-state index contributed by atoms with van der Waals surface area (Å²) in [4.78, 5) is 18.9. The van der Waals surface area contributed by atoms with Crippen LogP contribution in [0, 0.1) is 18.3 Å². The van der Waals surface area contributed by atoms with E-state index in [0.717, 1.165) is 72.1 Å². The Morgan fingerprint density at radius 1 is 1.21 bits per heavy atom. The lowest BCUT2D eigenvalue weighted by Crippen LogP contribution is -2.37. The first-order valence-electron chi connectivity index (χ1n) is 13.5. The zero-order valence-electron chi connectivity index (χ0n) is 22.8. The van der Waals surface area contributed by atoms with Gasteiger partial charge in [-0.2, -0.15) is 0 Å². The molecule has 5 rings (SSSR count). The van der Waals surface area contributed by atoms with Crippen LogP contribution in [0.3, 0.4) is 0 Å². The Kier molecular flexibility index (Phi) is 8.97. The third kappa shape index (κ3) is 5.81. The molecule has 1 saturated heterocycles. The molecule has 3 aliphatic rings. The molecular formula is C30H38N6O2. The van der Waals surface area contributed by atoms with E-state index in [1.165, 1.54) is 0 Å². The third-order valence-electron chi connectivity index (χ3n) is 6.86. The number of ether oxygens (including phenoxy) is 1. The first kappa shape index (κ1) is 27.1. The second kappa shape index (κ2) is 12.6. The maximum Gasteiger partial charge on any atom is 0.309 e. The van der Waals surface area contributed by atoms with Gasteiger partial charge >= 0.3 is 5.97 Å². The van der Waals surface area contributed by atoms with Crippen LogP contribution < -0.4 is 15.6 Å². The summed E-state index contributed by atoms with van der Waals surface area (Å²) in [5, 5.41) is 14.5. The lowest BCUT2D eigenvalue weighted by atomic mass is 9.95. The zero-order chi connectivity index (χ0) is 27.1. The van der Waals surface area contributed by atoms with Crippen molar-refractivity contribution in [2.45, 2.75) is 40.5 Å². The molecule has 0 amide bonds. The minimum atomic E-state index is -0.0857. The summed E-state index contributed by atoms with van der Waals surface area (Å²) in [6.07, 6.45) is 11.4. The van der Waals surface area contributed by atoms with Crippen molar-refractivity contribution >= 4 is 28.9 Å². The summed E-state index contributed by atoms with van der Waals surface area (Å²) in [5.74, 6) is 0.799. The molecule has 200 valence electrons. The number of carbonyl (C=O) groups is 1. The fraction of sp³-hybridized carbons (Fsp3) is 0.367. The van der Waals surface area contributed by atoms with Gasteiger partial charge in [-0.3, -0.25) is 15.2 Å². The van der Waals surface area contributed by atoms with E-state index in [1.807, 2.05) is 87.6 Å². The van der Waals surface area contributed by atoms with Crippen LogP contribution in [0.4, 0.5) is 17.2 Å². The Morgan fingerprint density at radius 2 is 2.00 bits per heavy atom. The van der Waals surface area contributed by atoms with Gasteiger partial charge in [-0.05, 0) is 62.6 Å². The van der Waals surface area contributed by atoms with Crippen LogP contribution in [-0.4, -0.2) is 47.9 Å². The molecule has 1 fully saturated rings. The smallest absolute Gasteiger partial charge is 0.309 e. The molecular weight excluding hydrogens is 476 g/mol. The normalized spacial score (nSPS) is 16.6. The van der Waals surface area contributed by atoms with Gasteiger partial charge in [0, 0.05) is 37.0 Å². The van der Waals surface area contributed by atoms with Crippen molar-refractivity contribution in [1.29, 1.82) is 5.41 Å². The predicted molar refractivity (Wildman–Crippen MR) is 154 cm³/mol. The molecule has 3 N–H and O–H groups in total. The maximum atomic E-state index is 12.0. The van der Waals surface area contributed by atoms with Gasteiger partial charge in [-0.25, -0.2) is 10.4 Å². The number of pyridine rings is 1. The van der Waals surface area contributed by atoms with Crippen molar-refractivity contribution in [3.8, 4) is 0 Å². The Balaban J connectivity index is 0.00000164. The summed E-state index contributed by atoms with van der Waals surface area (Å²) < 4.78 is 5.18. The average Bonchev–Trinajstić information content (AvgIpc) is 3.45. The number of aryl methyl sites for hydroxylation is 1. The van der Waals surface area contributed by atoms with Crippen LogP contribution in [0.15, 0.2) is 72.2 Å². The highest BCUT2D eigenvalue weighted by Gasteiger charge is 2.27. The minimum Gasteiger partial charge on any atom is -0.466 e. The number of benzene rings is 1. The van der Waals surface area contributed by atoms with E-state index < -0.39 is 0 Å². The third-order valence-corrected chi connectivity index (χ3v) is 6.86. The zero-order valence-corrected chi connectivity index (χ0v) is 22.8. The molecule has 0 atom stereocenters. The molecule has 4 heterocycles. The second-order valence-electron chi connectivity index (χ2n) is 9.16. The predicted octanol–water partition coefficient (Wildman–Crippen LogP) is 5.46. The van der Waals surface area contributed by atoms with E-state index >= 15 is 0 Å². The number of hydrogen-bond donors (Lipinski definition) is 3. The summed E-state index contributed by atoms with van der Waals surface area (Å²) in [5.41, 5.74) is 9.31. The van der Waals surface area contributed by atoms with Crippen LogP contribution in [0.2, 0.25) is 0 Å². The van der Waals surface area contributed by atoms with Crippen LogP contribution in [0.25, 0.3) is 0 Å². The number of hydrogen-bond acceptors (Lipinski definition) is 8. The van der Waals surface area contributed by atoms with E-state index in [1.54, 1.807) is 0 Å². The molecule has 0 unspecified atom stereocenters. The lowest BCUT2D eigenvalue weighted by Gasteiger charge is -2.31. The van der Waals surface area contributed by atoms with Crippen LogP contribution >= 0.6 is 0 Å². The number of allylic oxidation sites excluding steroid dienone is 3. The fourth-order valence-electron chi connectivity index (χ4n) is 4.90. The topological polar surface area (TPSA) is 93.6 Å². The highest BCUT2D eigenvalue weighted by molar-refractivity contribution is 6.17. The van der Waals surface area contributed by atoms with Gasteiger partial charge in [0.05, 0.1) is 41.5 Å². The number of fused-ring (bicyclic) bond motifs is 1.